The predicted molar refractivity (Wildman–Crippen MR) is 49.1 cm³/mol. The molecule has 0 spiro atoms. The van der Waals surface area contributed by atoms with E-state index < -0.39 is 15.0 Å². The van der Waals surface area contributed by atoms with E-state index in [2.05, 4.69) is 15.8 Å². The lowest BCUT2D eigenvalue weighted by Crippen LogP contribution is -1.99. The van der Waals surface area contributed by atoms with Crippen molar-refractivity contribution in [3.05, 3.63) is 35.6 Å². The molecule has 0 aliphatic carbocycles. The molecule has 1 aromatic carbocycles. The van der Waals surface area contributed by atoms with E-state index in [4.69, 9.17) is 0 Å². The SMILES string of the molecule is O=S(=O)(S)OCc1ccccc1F. The van der Waals surface area contributed by atoms with Gasteiger partial charge in [0.1, 0.15) is 5.82 Å². The van der Waals surface area contributed by atoms with E-state index in [0.717, 1.165) is 0 Å². The smallest absolute Gasteiger partial charge is 0.257 e. The topological polar surface area (TPSA) is 43.4 Å². The normalized spacial score (nSPS) is 11.5. The molecule has 0 aromatic heterocycles. The molecular weight excluding hydrogens is 215 g/mol. The highest BCUT2D eigenvalue weighted by molar-refractivity contribution is 8.61. The summed E-state index contributed by atoms with van der Waals surface area (Å²) in [6.07, 6.45) is 0. The first-order chi connectivity index (χ1) is 5.99. The number of thiol groups is 1. The number of rotatable bonds is 3. The summed E-state index contributed by atoms with van der Waals surface area (Å²) in [5.41, 5.74) is 0.181. The van der Waals surface area contributed by atoms with Crippen LogP contribution in [0.4, 0.5) is 4.39 Å². The molecule has 0 fully saturated rings. The molecule has 1 rings (SSSR count). The zero-order chi connectivity index (χ0) is 9.90. The fourth-order valence-corrected chi connectivity index (χ4v) is 1.19. The van der Waals surface area contributed by atoms with Crippen LogP contribution in [0.25, 0.3) is 0 Å². The number of hydrogen-bond acceptors (Lipinski definition) is 3. The van der Waals surface area contributed by atoms with E-state index in [1.165, 1.54) is 18.2 Å². The summed E-state index contributed by atoms with van der Waals surface area (Å²) >= 11 is 3.15. The van der Waals surface area contributed by atoms with Crippen LogP contribution in [-0.4, -0.2) is 8.42 Å². The highest BCUT2D eigenvalue weighted by atomic mass is 33.1. The third-order valence-electron chi connectivity index (χ3n) is 1.32. The van der Waals surface area contributed by atoms with Crippen molar-refractivity contribution in [1.82, 2.24) is 0 Å². The number of halogens is 1. The molecule has 0 amide bonds. The van der Waals surface area contributed by atoms with E-state index in [0.29, 0.717) is 0 Å². The van der Waals surface area contributed by atoms with Gasteiger partial charge in [0, 0.05) is 5.56 Å². The van der Waals surface area contributed by atoms with Crippen LogP contribution >= 0.6 is 11.7 Å². The van der Waals surface area contributed by atoms with E-state index in [1.807, 2.05) is 0 Å². The van der Waals surface area contributed by atoms with Gasteiger partial charge in [-0.3, -0.25) is 4.18 Å². The minimum Gasteiger partial charge on any atom is -0.257 e. The maximum atomic E-state index is 12.9. The third kappa shape index (κ3) is 3.75. The highest BCUT2D eigenvalue weighted by Gasteiger charge is 2.06. The summed E-state index contributed by atoms with van der Waals surface area (Å²) in [7, 11) is -3.81. The minimum atomic E-state index is -3.81. The first-order valence-corrected chi connectivity index (χ1v) is 5.80. The van der Waals surface area contributed by atoms with Crippen molar-refractivity contribution < 1.29 is 17.0 Å². The van der Waals surface area contributed by atoms with Crippen LogP contribution in [-0.2, 0) is 19.9 Å². The zero-order valence-electron chi connectivity index (χ0n) is 6.47. The van der Waals surface area contributed by atoms with Gasteiger partial charge in [-0.15, -0.1) is 0 Å². The van der Waals surface area contributed by atoms with E-state index >= 15 is 0 Å². The Morgan fingerprint density at radius 3 is 2.54 bits per heavy atom. The molecule has 0 N–H and O–H groups in total. The lowest BCUT2D eigenvalue weighted by Gasteiger charge is -2.01. The second-order valence-corrected chi connectivity index (χ2v) is 4.71. The molecule has 72 valence electrons. The first-order valence-electron chi connectivity index (χ1n) is 3.34. The van der Waals surface area contributed by atoms with Crippen molar-refractivity contribution in [2.45, 2.75) is 6.61 Å². The van der Waals surface area contributed by atoms with Gasteiger partial charge in [-0.2, -0.15) is 8.42 Å². The van der Waals surface area contributed by atoms with Crippen LogP contribution in [0.2, 0.25) is 0 Å². The summed E-state index contributed by atoms with van der Waals surface area (Å²) in [6.45, 7) is -0.335. The lowest BCUT2D eigenvalue weighted by molar-refractivity contribution is 0.313. The molecule has 0 atom stereocenters. The van der Waals surface area contributed by atoms with Crippen LogP contribution in [0.3, 0.4) is 0 Å². The largest absolute Gasteiger partial charge is 0.319 e. The Morgan fingerprint density at radius 1 is 1.38 bits per heavy atom. The molecule has 0 aliphatic rings. The van der Waals surface area contributed by atoms with Crippen molar-refractivity contribution in [2.75, 3.05) is 0 Å². The van der Waals surface area contributed by atoms with Crippen molar-refractivity contribution in [2.24, 2.45) is 0 Å². The summed E-state index contributed by atoms with van der Waals surface area (Å²) in [5, 5.41) is 0. The molecule has 0 unspecified atom stereocenters. The molecular formula is C7H7FO3S2. The maximum absolute atomic E-state index is 12.9. The third-order valence-corrected chi connectivity index (χ3v) is 2.05. The molecule has 0 radical (unpaired) electrons. The molecule has 0 heterocycles. The van der Waals surface area contributed by atoms with Crippen LogP contribution in [0.5, 0.6) is 0 Å². The van der Waals surface area contributed by atoms with Gasteiger partial charge < -0.3 is 0 Å². The Hall–Kier alpha value is -0.590. The molecule has 0 saturated heterocycles. The number of hydrogen-bond donors (Lipinski definition) is 1. The second-order valence-electron chi connectivity index (χ2n) is 2.28. The van der Waals surface area contributed by atoms with Gasteiger partial charge in [0.25, 0.3) is 0 Å². The van der Waals surface area contributed by atoms with Gasteiger partial charge in [0.2, 0.25) is 0 Å². The van der Waals surface area contributed by atoms with E-state index in [-0.39, 0.29) is 12.2 Å². The van der Waals surface area contributed by atoms with Gasteiger partial charge >= 0.3 is 9.15 Å². The fraction of sp³-hybridized carbons (Fsp3) is 0.143. The zero-order valence-corrected chi connectivity index (χ0v) is 8.19. The van der Waals surface area contributed by atoms with Gasteiger partial charge in [0.05, 0.1) is 6.61 Å². The molecule has 13 heavy (non-hydrogen) atoms. The predicted octanol–water partition coefficient (Wildman–Crippen LogP) is 1.52. The van der Waals surface area contributed by atoms with Crippen molar-refractivity contribution in [3.63, 3.8) is 0 Å². The monoisotopic (exact) mass is 222 g/mol. The Kier molecular flexibility index (Phi) is 3.29. The van der Waals surface area contributed by atoms with Crippen LogP contribution < -0.4 is 0 Å². The van der Waals surface area contributed by atoms with Crippen molar-refractivity contribution in [3.8, 4) is 0 Å². The Labute approximate surface area is 80.5 Å². The van der Waals surface area contributed by atoms with Gasteiger partial charge in [-0.05, 0) is 17.7 Å². The lowest BCUT2D eigenvalue weighted by atomic mass is 10.2. The van der Waals surface area contributed by atoms with Crippen LogP contribution in [0, 0.1) is 5.82 Å². The molecule has 0 aliphatic heterocycles. The first kappa shape index (κ1) is 10.5. The Morgan fingerprint density at radius 2 is 2.00 bits per heavy atom. The second kappa shape index (κ2) is 4.08. The maximum Gasteiger partial charge on any atom is 0.319 e. The van der Waals surface area contributed by atoms with Gasteiger partial charge in [-0.1, -0.05) is 18.2 Å². The van der Waals surface area contributed by atoms with E-state index in [1.54, 1.807) is 6.07 Å². The standard InChI is InChI=1S/C7H7FO3S2/c8-7-4-2-1-3-6(7)5-11-13(9,10)12/h1-4H,5H2,(H,9,10,12). The Balaban J connectivity index is 2.71. The molecule has 0 saturated carbocycles. The summed E-state index contributed by atoms with van der Waals surface area (Å²) in [5.74, 6) is -0.500. The van der Waals surface area contributed by atoms with Gasteiger partial charge in [-0.25, -0.2) is 4.39 Å². The Bertz CT molecular complexity index is 388. The van der Waals surface area contributed by atoms with Crippen molar-refractivity contribution >= 4 is 20.8 Å². The average molecular weight is 222 g/mol. The summed E-state index contributed by atoms with van der Waals surface area (Å²) < 4.78 is 38.0. The minimum absolute atomic E-state index is 0.181. The average Bonchev–Trinajstić information content (AvgIpc) is 2.01. The van der Waals surface area contributed by atoms with E-state index in [9.17, 15) is 12.8 Å². The molecule has 1 aromatic rings. The summed E-state index contributed by atoms with van der Waals surface area (Å²) in [6, 6.07) is 5.76. The molecule has 0 bridgehead atoms. The number of benzene rings is 1. The van der Waals surface area contributed by atoms with Crippen LogP contribution in [0.1, 0.15) is 5.56 Å². The molecule has 6 heteroatoms. The summed E-state index contributed by atoms with van der Waals surface area (Å²) in [4.78, 5) is 0. The van der Waals surface area contributed by atoms with Gasteiger partial charge in [0.15, 0.2) is 0 Å². The highest BCUT2D eigenvalue weighted by Crippen LogP contribution is 2.10. The van der Waals surface area contributed by atoms with Crippen molar-refractivity contribution in [1.29, 1.82) is 0 Å². The quantitative estimate of drug-likeness (QED) is 0.623. The fourth-order valence-electron chi connectivity index (χ4n) is 0.753. The molecule has 3 nitrogen and oxygen atoms in total. The van der Waals surface area contributed by atoms with Crippen LogP contribution in [0.15, 0.2) is 24.3 Å².